The number of anilines is 4. The van der Waals surface area contributed by atoms with Crippen molar-refractivity contribution in [2.75, 3.05) is 21.3 Å². The Bertz CT molecular complexity index is 1880. The van der Waals surface area contributed by atoms with Gasteiger partial charge in [0.2, 0.25) is 0 Å². The molecule has 7 nitrogen and oxygen atoms in total. The minimum atomic E-state index is -0.756. The van der Waals surface area contributed by atoms with Gasteiger partial charge in [-0.2, -0.15) is 0 Å². The summed E-state index contributed by atoms with van der Waals surface area (Å²) in [5, 5.41) is 46.5. The van der Waals surface area contributed by atoms with E-state index in [-0.39, 0.29) is 11.1 Å². The highest BCUT2D eigenvalue weighted by Gasteiger charge is 2.37. The van der Waals surface area contributed by atoms with E-state index in [0.717, 1.165) is 70.0 Å². The zero-order chi connectivity index (χ0) is 29.4. The van der Waals surface area contributed by atoms with Crippen molar-refractivity contribution in [2.24, 2.45) is 0 Å². The first kappa shape index (κ1) is 26.3. The van der Waals surface area contributed by atoms with Gasteiger partial charge in [-0.1, -0.05) is 87.7 Å². The maximum absolute atomic E-state index is 14.3. The quantitative estimate of drug-likeness (QED) is 0.225. The average molecular weight is 559 g/mol. The fraction of sp³-hybridized carbons (Fsp3) is 0.286. The van der Waals surface area contributed by atoms with Crippen LogP contribution >= 0.6 is 0 Å². The third-order valence-electron chi connectivity index (χ3n) is 9.63. The van der Waals surface area contributed by atoms with E-state index in [9.17, 15) is 15.0 Å². The Labute approximate surface area is 245 Å². The van der Waals surface area contributed by atoms with Crippen LogP contribution in [0.5, 0.6) is 0 Å². The topological polar surface area (TPSA) is 111 Å². The van der Waals surface area contributed by atoms with Gasteiger partial charge in [0.1, 0.15) is 11.3 Å². The predicted molar refractivity (Wildman–Crippen MR) is 168 cm³/mol. The van der Waals surface area contributed by atoms with Crippen molar-refractivity contribution in [3.8, 4) is 0 Å². The van der Waals surface area contributed by atoms with Crippen LogP contribution in [-0.2, 0) is 4.79 Å². The van der Waals surface area contributed by atoms with Gasteiger partial charge in [0, 0.05) is 38.8 Å². The van der Waals surface area contributed by atoms with Crippen LogP contribution in [0.3, 0.4) is 0 Å². The van der Waals surface area contributed by atoms with Crippen LogP contribution in [0.2, 0.25) is 0 Å². The average Bonchev–Trinajstić information content (AvgIpc) is 3.24. The van der Waals surface area contributed by atoms with Gasteiger partial charge in [0.15, 0.2) is 5.78 Å². The van der Waals surface area contributed by atoms with E-state index in [0.29, 0.717) is 11.1 Å². The Hall–Kier alpha value is -4.65. The standard InChI is InChI=1S/C35H36N4O3/c1-5-34(6-2)36-23-13-9-11-19-15-17-21(29(38-34)25(19)23)27-31(40)28(33(42)32(27)41)22-18-16-20-12-10-14-24-26(20)30(22)39-35(7-3,8-4)37-24/h9-18,36-40H,5-8H2,1-4H3,(H,41,42)/p-2. The molecule has 214 valence electrons. The number of hydrogen-bond acceptors (Lipinski definition) is 7. The number of carbonyl (C=O) groups excluding carboxylic acids is 1. The van der Waals surface area contributed by atoms with E-state index in [1.165, 1.54) is 0 Å². The number of ketones is 1. The summed E-state index contributed by atoms with van der Waals surface area (Å²) in [6.45, 7) is 8.39. The normalized spacial score (nSPS) is 18.1. The zero-order valence-electron chi connectivity index (χ0n) is 24.3. The van der Waals surface area contributed by atoms with Crippen molar-refractivity contribution >= 4 is 61.2 Å². The van der Waals surface area contributed by atoms with Crippen molar-refractivity contribution in [3.63, 3.8) is 0 Å². The number of carbonyl (C=O) groups is 1. The van der Waals surface area contributed by atoms with Crippen molar-refractivity contribution in [3.05, 3.63) is 83.3 Å². The van der Waals surface area contributed by atoms with Gasteiger partial charge >= 0.3 is 0 Å². The van der Waals surface area contributed by atoms with Crippen LogP contribution in [0.25, 0.3) is 32.7 Å². The van der Waals surface area contributed by atoms with Crippen LogP contribution in [0.15, 0.2) is 72.2 Å². The second-order valence-corrected chi connectivity index (χ2v) is 11.6. The highest BCUT2D eigenvalue weighted by molar-refractivity contribution is 6.38. The van der Waals surface area contributed by atoms with E-state index in [1.807, 2.05) is 48.5 Å². The van der Waals surface area contributed by atoms with Gasteiger partial charge in [0.05, 0.1) is 11.4 Å². The summed E-state index contributed by atoms with van der Waals surface area (Å²) in [5.74, 6) is -2.04. The fourth-order valence-corrected chi connectivity index (χ4v) is 6.95. The molecule has 0 aromatic heterocycles. The highest BCUT2D eigenvalue weighted by atomic mass is 16.3. The minimum absolute atomic E-state index is 0.0658. The Morgan fingerprint density at radius 1 is 0.571 bits per heavy atom. The molecule has 0 bridgehead atoms. The summed E-state index contributed by atoms with van der Waals surface area (Å²) in [5.41, 5.74) is 3.25. The molecular formula is C35H34N4O3-2. The molecule has 0 radical (unpaired) electrons. The molecule has 3 aliphatic rings. The molecule has 4 N–H and O–H groups in total. The molecule has 7 rings (SSSR count). The van der Waals surface area contributed by atoms with Gasteiger partial charge in [-0.05, 0) is 54.2 Å². The lowest BCUT2D eigenvalue weighted by molar-refractivity contribution is -0.301. The molecule has 0 amide bonds. The molecule has 0 atom stereocenters. The summed E-state index contributed by atoms with van der Waals surface area (Å²) in [6, 6.07) is 19.5. The molecule has 0 fully saturated rings. The summed E-state index contributed by atoms with van der Waals surface area (Å²) >= 11 is 0. The molecule has 42 heavy (non-hydrogen) atoms. The molecule has 0 saturated heterocycles. The van der Waals surface area contributed by atoms with Gasteiger partial charge < -0.3 is 31.5 Å². The maximum Gasteiger partial charge on any atom is 0.178 e. The van der Waals surface area contributed by atoms with Crippen molar-refractivity contribution in [1.82, 2.24) is 0 Å². The Morgan fingerprint density at radius 2 is 1.02 bits per heavy atom. The molecule has 2 aliphatic heterocycles. The van der Waals surface area contributed by atoms with Gasteiger partial charge in [-0.25, -0.2) is 0 Å². The van der Waals surface area contributed by atoms with Crippen LogP contribution in [0.1, 0.15) is 64.5 Å². The molecule has 1 aliphatic carbocycles. The number of hydrogen-bond donors (Lipinski definition) is 4. The maximum atomic E-state index is 14.3. The Morgan fingerprint density at radius 3 is 1.48 bits per heavy atom. The largest absolute Gasteiger partial charge is 0.872 e. The third-order valence-corrected chi connectivity index (χ3v) is 9.63. The lowest BCUT2D eigenvalue weighted by Crippen LogP contribution is -2.47. The van der Waals surface area contributed by atoms with Gasteiger partial charge in [0.25, 0.3) is 0 Å². The monoisotopic (exact) mass is 558 g/mol. The predicted octanol–water partition coefficient (Wildman–Crippen LogP) is 6.13. The second kappa shape index (κ2) is 9.18. The number of nitrogens with one attached hydrogen (secondary N) is 4. The van der Waals surface area contributed by atoms with Gasteiger partial charge in [-0.15, -0.1) is 0 Å². The van der Waals surface area contributed by atoms with Crippen molar-refractivity contribution in [1.29, 1.82) is 0 Å². The third kappa shape index (κ3) is 3.49. The van der Waals surface area contributed by atoms with Crippen molar-refractivity contribution < 1.29 is 15.0 Å². The van der Waals surface area contributed by atoms with E-state index in [4.69, 9.17) is 0 Å². The molecule has 4 aromatic carbocycles. The summed E-state index contributed by atoms with van der Waals surface area (Å²) < 4.78 is 0. The lowest BCUT2D eigenvalue weighted by Gasteiger charge is -2.42. The molecule has 0 spiro atoms. The first-order chi connectivity index (χ1) is 20.3. The van der Waals surface area contributed by atoms with Crippen LogP contribution in [0, 0.1) is 0 Å². The van der Waals surface area contributed by atoms with Crippen molar-refractivity contribution in [2.45, 2.75) is 64.7 Å². The smallest absolute Gasteiger partial charge is 0.178 e. The number of Topliss-reactive ketones (excluding diaryl/α,β-unsaturated/α-hetero) is 1. The number of rotatable bonds is 6. The molecular weight excluding hydrogens is 524 g/mol. The van der Waals surface area contributed by atoms with E-state index in [1.54, 1.807) is 12.1 Å². The van der Waals surface area contributed by atoms with E-state index in [2.05, 4.69) is 49.0 Å². The molecule has 7 heteroatoms. The number of benzene rings is 4. The first-order valence-corrected chi connectivity index (χ1v) is 14.9. The summed E-state index contributed by atoms with van der Waals surface area (Å²) in [7, 11) is 0. The van der Waals surface area contributed by atoms with Crippen LogP contribution < -0.4 is 31.5 Å². The summed E-state index contributed by atoms with van der Waals surface area (Å²) in [6.07, 6.45) is 3.11. The minimum Gasteiger partial charge on any atom is -0.872 e. The fourth-order valence-electron chi connectivity index (χ4n) is 6.95. The highest BCUT2D eigenvalue weighted by Crippen LogP contribution is 2.50. The van der Waals surface area contributed by atoms with E-state index >= 15 is 0 Å². The SMILES string of the molecule is CCC1(CC)Nc2cccc3ccc(C4=C([O-])C(c5ccc6cccc7c6c5NC(CC)(CC)N7)=C([O-])C4=O)c(c23)N1. The summed E-state index contributed by atoms with van der Waals surface area (Å²) in [4.78, 5) is 13.8. The second-order valence-electron chi connectivity index (χ2n) is 11.6. The van der Waals surface area contributed by atoms with Gasteiger partial charge in [-0.3, -0.25) is 4.79 Å². The first-order valence-electron chi connectivity index (χ1n) is 14.9. The van der Waals surface area contributed by atoms with Crippen LogP contribution in [0.4, 0.5) is 22.7 Å². The molecule has 0 saturated carbocycles. The zero-order valence-corrected chi connectivity index (χ0v) is 24.3. The lowest BCUT2D eigenvalue weighted by atomic mass is 9.89. The molecule has 2 heterocycles. The Kier molecular flexibility index (Phi) is 5.74. The van der Waals surface area contributed by atoms with E-state index < -0.39 is 28.6 Å². The Balaban J connectivity index is 1.45. The molecule has 4 aromatic rings. The number of allylic oxidation sites excluding steroid dienone is 2. The molecule has 0 unspecified atom stereocenters. The van der Waals surface area contributed by atoms with Crippen LogP contribution in [-0.4, -0.2) is 17.1 Å².